The van der Waals surface area contributed by atoms with Crippen LogP contribution in [0.2, 0.25) is 5.02 Å². The third-order valence-corrected chi connectivity index (χ3v) is 7.20. The van der Waals surface area contributed by atoms with Gasteiger partial charge in [0.05, 0.1) is 16.8 Å². The minimum atomic E-state index is 0.0934. The van der Waals surface area contributed by atoms with Crippen LogP contribution in [-0.4, -0.2) is 55.1 Å². The largest absolute Gasteiger partial charge is 0.368 e. The van der Waals surface area contributed by atoms with Gasteiger partial charge < -0.3 is 14.7 Å². The summed E-state index contributed by atoms with van der Waals surface area (Å²) in [5.41, 5.74) is 6.46. The zero-order chi connectivity index (χ0) is 22.9. The van der Waals surface area contributed by atoms with Crippen LogP contribution in [0.1, 0.15) is 40.7 Å². The Bertz CT molecular complexity index is 1180. The summed E-state index contributed by atoms with van der Waals surface area (Å²) in [5.74, 6) is 0.0934. The van der Waals surface area contributed by atoms with Crippen molar-refractivity contribution >= 4 is 39.8 Å². The molecule has 0 atom stereocenters. The maximum Gasteiger partial charge on any atom is 0.257 e. The molecule has 0 aliphatic carbocycles. The lowest BCUT2D eigenvalue weighted by Gasteiger charge is -2.39. The van der Waals surface area contributed by atoms with E-state index in [0.717, 1.165) is 68.7 Å². The smallest absolute Gasteiger partial charge is 0.257 e. The summed E-state index contributed by atoms with van der Waals surface area (Å²) >= 11 is 6.39. The number of fused-ring (bicyclic) bond motifs is 1. The van der Waals surface area contributed by atoms with Crippen molar-refractivity contribution in [2.24, 2.45) is 0 Å². The molecule has 3 heterocycles. The highest BCUT2D eigenvalue weighted by atomic mass is 35.5. The van der Waals surface area contributed by atoms with Crippen LogP contribution in [0.25, 0.3) is 10.9 Å². The summed E-state index contributed by atoms with van der Waals surface area (Å²) in [6.45, 7) is 9.48. The van der Waals surface area contributed by atoms with E-state index in [1.54, 1.807) is 6.20 Å². The molecule has 2 fully saturated rings. The third kappa shape index (κ3) is 4.39. The third-order valence-electron chi connectivity index (χ3n) is 6.96. The zero-order valence-corrected chi connectivity index (χ0v) is 20.2. The molecule has 0 bridgehead atoms. The van der Waals surface area contributed by atoms with Gasteiger partial charge in [-0.3, -0.25) is 9.78 Å². The molecule has 2 aliphatic heterocycles. The van der Waals surface area contributed by atoms with E-state index in [0.29, 0.717) is 10.6 Å². The molecular weight excluding hydrogens is 432 g/mol. The van der Waals surface area contributed by atoms with E-state index in [4.69, 9.17) is 11.6 Å². The first-order valence-corrected chi connectivity index (χ1v) is 12.3. The monoisotopic (exact) mass is 462 g/mol. The number of aromatic nitrogens is 1. The Morgan fingerprint density at radius 3 is 2.33 bits per heavy atom. The lowest BCUT2D eigenvalue weighted by molar-refractivity contribution is 0.0724. The molecule has 3 aromatic rings. The number of likely N-dealkylation sites (tertiary alicyclic amines) is 1. The van der Waals surface area contributed by atoms with E-state index in [1.807, 2.05) is 23.1 Å². The van der Waals surface area contributed by atoms with E-state index in [1.165, 1.54) is 23.2 Å². The molecule has 0 radical (unpaired) electrons. The standard InChI is InChI=1S/C27H31ClN4O/c1-19-6-9-25(20(2)16-19)30-12-14-31(15-13-30)26-22-17-21(28)7-8-24(22)29-18-23(26)27(33)32-10-4-3-5-11-32/h6-9,16-18H,3-5,10-15H2,1-2H3. The fraction of sp³-hybridized carbons (Fsp3) is 0.407. The highest BCUT2D eigenvalue weighted by molar-refractivity contribution is 6.31. The quantitative estimate of drug-likeness (QED) is 0.518. The lowest BCUT2D eigenvalue weighted by atomic mass is 10.0. The first-order valence-electron chi connectivity index (χ1n) is 12.0. The van der Waals surface area contributed by atoms with Crippen molar-refractivity contribution < 1.29 is 4.79 Å². The molecule has 1 amide bonds. The van der Waals surface area contributed by atoms with Gasteiger partial charge >= 0.3 is 0 Å². The van der Waals surface area contributed by atoms with E-state index in [-0.39, 0.29) is 5.91 Å². The second kappa shape index (κ2) is 9.22. The van der Waals surface area contributed by atoms with Crippen LogP contribution in [0.4, 0.5) is 11.4 Å². The number of benzene rings is 2. The maximum absolute atomic E-state index is 13.6. The Balaban J connectivity index is 1.48. The van der Waals surface area contributed by atoms with Crippen molar-refractivity contribution in [1.82, 2.24) is 9.88 Å². The van der Waals surface area contributed by atoms with Crippen molar-refractivity contribution in [2.75, 3.05) is 49.1 Å². The van der Waals surface area contributed by atoms with E-state index < -0.39 is 0 Å². The van der Waals surface area contributed by atoms with Crippen LogP contribution in [0.15, 0.2) is 42.6 Å². The predicted octanol–water partition coefficient (Wildman–Crippen LogP) is 5.46. The fourth-order valence-corrected chi connectivity index (χ4v) is 5.42. The number of carbonyl (C=O) groups excluding carboxylic acids is 1. The predicted molar refractivity (Wildman–Crippen MR) is 137 cm³/mol. The number of halogens is 1. The van der Waals surface area contributed by atoms with Gasteiger partial charge in [-0.2, -0.15) is 0 Å². The second-order valence-corrected chi connectivity index (χ2v) is 9.74. The van der Waals surface area contributed by atoms with Gasteiger partial charge in [-0.25, -0.2) is 0 Å². The molecule has 1 aromatic heterocycles. The maximum atomic E-state index is 13.6. The van der Waals surface area contributed by atoms with Crippen LogP contribution in [0, 0.1) is 13.8 Å². The van der Waals surface area contributed by atoms with Crippen LogP contribution >= 0.6 is 11.6 Å². The van der Waals surface area contributed by atoms with Gasteiger partial charge in [0.1, 0.15) is 0 Å². The number of hydrogen-bond acceptors (Lipinski definition) is 4. The molecule has 2 aromatic carbocycles. The van der Waals surface area contributed by atoms with Crippen LogP contribution in [0.3, 0.4) is 0 Å². The number of aryl methyl sites for hydroxylation is 2. The SMILES string of the molecule is Cc1ccc(N2CCN(c3c(C(=O)N4CCCCC4)cnc4ccc(Cl)cc34)CC2)c(C)c1. The van der Waals surface area contributed by atoms with Gasteiger partial charge in [0.2, 0.25) is 0 Å². The highest BCUT2D eigenvalue weighted by Gasteiger charge is 2.28. The molecular formula is C27H31ClN4O. The highest BCUT2D eigenvalue weighted by Crippen LogP contribution is 2.34. The topological polar surface area (TPSA) is 39.7 Å². The molecule has 0 unspecified atom stereocenters. The summed E-state index contributed by atoms with van der Waals surface area (Å²) in [4.78, 5) is 25.0. The van der Waals surface area contributed by atoms with E-state index in [9.17, 15) is 4.79 Å². The average molecular weight is 463 g/mol. The summed E-state index contributed by atoms with van der Waals surface area (Å²) in [7, 11) is 0. The van der Waals surface area contributed by atoms with Gasteiger partial charge in [0, 0.05) is 61.6 Å². The van der Waals surface area contributed by atoms with Crippen molar-refractivity contribution in [1.29, 1.82) is 0 Å². The van der Waals surface area contributed by atoms with Gasteiger partial charge in [-0.05, 0) is 62.9 Å². The number of piperidine rings is 1. The molecule has 2 saturated heterocycles. The van der Waals surface area contributed by atoms with E-state index in [2.05, 4.69) is 46.8 Å². The lowest BCUT2D eigenvalue weighted by Crippen LogP contribution is -2.47. The number of rotatable bonds is 3. The fourth-order valence-electron chi connectivity index (χ4n) is 5.25. The molecule has 0 spiro atoms. The number of carbonyl (C=O) groups is 1. The van der Waals surface area contributed by atoms with Crippen LogP contribution < -0.4 is 9.80 Å². The number of piperazine rings is 1. The Morgan fingerprint density at radius 2 is 1.61 bits per heavy atom. The minimum absolute atomic E-state index is 0.0934. The van der Waals surface area contributed by atoms with Gasteiger partial charge in [0.15, 0.2) is 0 Å². The Morgan fingerprint density at radius 1 is 0.879 bits per heavy atom. The van der Waals surface area contributed by atoms with Gasteiger partial charge in [0.25, 0.3) is 5.91 Å². The molecule has 172 valence electrons. The van der Waals surface area contributed by atoms with Crippen molar-refractivity contribution in [3.63, 3.8) is 0 Å². The molecule has 0 N–H and O–H groups in total. The Hall–Kier alpha value is -2.79. The molecule has 6 heteroatoms. The Labute approximate surface area is 201 Å². The van der Waals surface area contributed by atoms with Crippen LogP contribution in [-0.2, 0) is 0 Å². The minimum Gasteiger partial charge on any atom is -0.368 e. The zero-order valence-electron chi connectivity index (χ0n) is 19.5. The molecule has 2 aliphatic rings. The number of hydrogen-bond donors (Lipinski definition) is 0. The molecule has 5 rings (SSSR count). The molecule has 0 saturated carbocycles. The number of nitrogens with zero attached hydrogens (tertiary/aromatic N) is 4. The molecule has 5 nitrogen and oxygen atoms in total. The number of amides is 1. The number of anilines is 2. The summed E-state index contributed by atoms with van der Waals surface area (Å²) in [6, 6.07) is 12.4. The van der Waals surface area contributed by atoms with E-state index >= 15 is 0 Å². The average Bonchev–Trinajstić information content (AvgIpc) is 2.83. The number of pyridine rings is 1. The summed E-state index contributed by atoms with van der Waals surface area (Å²) in [6.07, 6.45) is 5.12. The van der Waals surface area contributed by atoms with Crippen molar-refractivity contribution in [3.05, 3.63) is 64.3 Å². The normalized spacial score (nSPS) is 17.0. The van der Waals surface area contributed by atoms with Crippen molar-refractivity contribution in [3.8, 4) is 0 Å². The molecule has 33 heavy (non-hydrogen) atoms. The first-order chi connectivity index (χ1) is 16.0. The second-order valence-electron chi connectivity index (χ2n) is 9.30. The van der Waals surface area contributed by atoms with Gasteiger partial charge in [-0.15, -0.1) is 0 Å². The van der Waals surface area contributed by atoms with Crippen LogP contribution in [0.5, 0.6) is 0 Å². The summed E-state index contributed by atoms with van der Waals surface area (Å²) < 4.78 is 0. The Kier molecular flexibility index (Phi) is 6.15. The first kappa shape index (κ1) is 22.0. The van der Waals surface area contributed by atoms with Gasteiger partial charge in [-0.1, -0.05) is 29.3 Å². The van der Waals surface area contributed by atoms with Crippen molar-refractivity contribution in [2.45, 2.75) is 33.1 Å². The summed E-state index contributed by atoms with van der Waals surface area (Å²) in [5, 5.41) is 1.63.